The van der Waals surface area contributed by atoms with Crippen LogP contribution in [0, 0.1) is 17.3 Å². The highest BCUT2D eigenvalue weighted by Gasteiger charge is 2.56. The van der Waals surface area contributed by atoms with E-state index in [-0.39, 0.29) is 11.5 Å². The van der Waals surface area contributed by atoms with E-state index in [1.54, 1.807) is 6.92 Å². The Kier molecular flexibility index (Phi) is 2.84. The molecule has 5 heteroatoms. The van der Waals surface area contributed by atoms with E-state index in [0.717, 1.165) is 25.2 Å². The lowest BCUT2D eigenvalue weighted by Crippen LogP contribution is -2.60. The Morgan fingerprint density at radius 3 is 2.38 bits per heavy atom. The maximum atomic E-state index is 11.3. The minimum Gasteiger partial charge on any atom is -0.273 e. The lowest BCUT2D eigenvalue weighted by molar-refractivity contribution is -0.104. The average Bonchev–Trinajstić information content (AvgIpc) is 2.16. The first-order chi connectivity index (χ1) is 7.28. The molecule has 0 aromatic heterocycles. The van der Waals surface area contributed by atoms with Gasteiger partial charge in [0.1, 0.15) is 0 Å². The van der Waals surface area contributed by atoms with Gasteiger partial charge in [0, 0.05) is 12.6 Å². The van der Waals surface area contributed by atoms with Gasteiger partial charge >= 0.3 is 10.3 Å². The molecule has 3 saturated carbocycles. The summed E-state index contributed by atoms with van der Waals surface area (Å²) in [4.78, 5) is 0. The highest BCUT2D eigenvalue weighted by Crippen LogP contribution is 2.60. The molecule has 3 fully saturated rings. The van der Waals surface area contributed by atoms with E-state index in [1.165, 1.54) is 4.31 Å². The molecular weight excluding hydrogens is 226 g/mol. The highest BCUT2D eigenvalue weighted by molar-refractivity contribution is 7.83. The van der Waals surface area contributed by atoms with Crippen molar-refractivity contribution in [2.24, 2.45) is 17.3 Å². The van der Waals surface area contributed by atoms with Crippen molar-refractivity contribution < 1.29 is 13.0 Å². The third-order valence-corrected chi connectivity index (χ3v) is 5.92. The fourth-order valence-electron chi connectivity index (χ4n) is 3.69. The highest BCUT2D eigenvalue weighted by atomic mass is 32.2. The number of rotatable bonds is 3. The SMILES string of the molecule is CCN([C@H]1CC[C@H]2C[C@H]1C2(C)C)S(=O)(=O)O. The van der Waals surface area contributed by atoms with Crippen molar-refractivity contribution in [1.29, 1.82) is 0 Å². The van der Waals surface area contributed by atoms with Crippen LogP contribution in [-0.2, 0) is 10.3 Å². The molecule has 0 saturated heterocycles. The molecule has 0 radical (unpaired) electrons. The Labute approximate surface area is 97.9 Å². The number of hydrogen-bond donors (Lipinski definition) is 1. The van der Waals surface area contributed by atoms with Crippen LogP contribution in [0.1, 0.15) is 40.0 Å². The molecule has 16 heavy (non-hydrogen) atoms. The van der Waals surface area contributed by atoms with Crippen molar-refractivity contribution in [3.8, 4) is 0 Å². The van der Waals surface area contributed by atoms with Crippen LogP contribution in [0.15, 0.2) is 0 Å². The molecule has 3 aliphatic rings. The summed E-state index contributed by atoms with van der Waals surface area (Å²) in [7, 11) is -4.04. The molecule has 0 aromatic rings. The molecule has 0 heterocycles. The van der Waals surface area contributed by atoms with Gasteiger partial charge in [0.05, 0.1) is 0 Å². The number of hydrogen-bond acceptors (Lipinski definition) is 2. The quantitative estimate of drug-likeness (QED) is 0.775. The Balaban J connectivity index is 2.22. The summed E-state index contributed by atoms with van der Waals surface area (Å²) in [6.45, 7) is 6.58. The maximum Gasteiger partial charge on any atom is 0.336 e. The van der Waals surface area contributed by atoms with Gasteiger partial charge in [-0.1, -0.05) is 20.8 Å². The van der Waals surface area contributed by atoms with Crippen LogP contribution < -0.4 is 0 Å². The van der Waals surface area contributed by atoms with Crippen LogP contribution in [0.25, 0.3) is 0 Å². The summed E-state index contributed by atoms with van der Waals surface area (Å²) in [5.41, 5.74) is 0.237. The van der Waals surface area contributed by atoms with Crippen LogP contribution in [0.2, 0.25) is 0 Å². The van der Waals surface area contributed by atoms with Crippen LogP contribution in [0.3, 0.4) is 0 Å². The fraction of sp³-hybridized carbons (Fsp3) is 1.00. The van der Waals surface area contributed by atoms with Gasteiger partial charge in [-0.05, 0) is 36.5 Å². The standard InChI is InChI=1S/C11H21NO3S/c1-4-12(16(13,14)15)10-6-5-8-7-9(10)11(8,2)3/h8-10H,4-7H2,1-3H3,(H,13,14,15)/t8-,9+,10-/m0/s1. The molecule has 0 spiro atoms. The van der Waals surface area contributed by atoms with E-state index < -0.39 is 10.3 Å². The van der Waals surface area contributed by atoms with Crippen molar-refractivity contribution in [1.82, 2.24) is 4.31 Å². The topological polar surface area (TPSA) is 57.6 Å². The molecule has 94 valence electrons. The first kappa shape index (κ1) is 12.3. The molecule has 3 rings (SSSR count). The first-order valence-electron chi connectivity index (χ1n) is 6.02. The van der Waals surface area contributed by atoms with Crippen LogP contribution >= 0.6 is 0 Å². The minimum atomic E-state index is -4.04. The van der Waals surface area contributed by atoms with Gasteiger partial charge in [0.15, 0.2) is 0 Å². The van der Waals surface area contributed by atoms with E-state index in [4.69, 9.17) is 0 Å². The summed E-state index contributed by atoms with van der Waals surface area (Å²) in [6, 6.07) is -0.000000000000000444. The van der Waals surface area contributed by atoms with Crippen LogP contribution in [-0.4, -0.2) is 29.9 Å². The zero-order valence-corrected chi connectivity index (χ0v) is 11.0. The molecule has 2 bridgehead atoms. The molecule has 4 nitrogen and oxygen atoms in total. The van der Waals surface area contributed by atoms with Gasteiger partial charge in [0.25, 0.3) is 0 Å². The lowest BCUT2D eigenvalue weighted by atomic mass is 9.47. The van der Waals surface area contributed by atoms with Gasteiger partial charge < -0.3 is 0 Å². The van der Waals surface area contributed by atoms with Crippen LogP contribution in [0.4, 0.5) is 0 Å². The summed E-state index contributed by atoms with van der Waals surface area (Å²) in [5, 5.41) is 0. The Morgan fingerprint density at radius 1 is 1.38 bits per heavy atom. The normalized spacial score (nSPS) is 37.2. The van der Waals surface area contributed by atoms with Gasteiger partial charge in [-0.15, -0.1) is 0 Å². The Morgan fingerprint density at radius 2 is 2.00 bits per heavy atom. The second kappa shape index (κ2) is 3.68. The van der Waals surface area contributed by atoms with Crippen molar-refractivity contribution >= 4 is 10.3 Å². The van der Waals surface area contributed by atoms with E-state index in [9.17, 15) is 13.0 Å². The predicted octanol–water partition coefficient (Wildman–Crippen LogP) is 1.94. The molecular formula is C11H21NO3S. The van der Waals surface area contributed by atoms with Gasteiger partial charge in [-0.25, -0.2) is 0 Å². The number of nitrogens with zero attached hydrogens (tertiary/aromatic N) is 1. The van der Waals surface area contributed by atoms with E-state index >= 15 is 0 Å². The fourth-order valence-corrected chi connectivity index (χ4v) is 4.61. The predicted molar refractivity (Wildman–Crippen MR) is 62.3 cm³/mol. The van der Waals surface area contributed by atoms with Crippen molar-refractivity contribution in [3.05, 3.63) is 0 Å². The maximum absolute atomic E-state index is 11.3. The summed E-state index contributed by atoms with van der Waals surface area (Å²) >= 11 is 0. The summed E-state index contributed by atoms with van der Waals surface area (Å²) < 4.78 is 33.1. The minimum absolute atomic E-state index is 0.000000000000000444. The summed E-state index contributed by atoms with van der Waals surface area (Å²) in [6.07, 6.45) is 3.09. The van der Waals surface area contributed by atoms with E-state index in [1.807, 2.05) is 0 Å². The zero-order valence-electron chi connectivity index (χ0n) is 10.2. The van der Waals surface area contributed by atoms with Crippen molar-refractivity contribution in [2.45, 2.75) is 46.1 Å². The average molecular weight is 247 g/mol. The molecule has 1 N–H and O–H groups in total. The summed E-state index contributed by atoms with van der Waals surface area (Å²) in [5.74, 6) is 1.15. The Bertz CT molecular complexity index is 375. The number of fused-ring (bicyclic) bond motifs is 2. The smallest absolute Gasteiger partial charge is 0.273 e. The Hall–Kier alpha value is -0.130. The second-order valence-electron chi connectivity index (χ2n) is 5.69. The largest absolute Gasteiger partial charge is 0.336 e. The second-order valence-corrected chi connectivity index (χ2v) is 7.05. The van der Waals surface area contributed by atoms with Gasteiger partial charge in [0.2, 0.25) is 0 Å². The monoisotopic (exact) mass is 247 g/mol. The first-order valence-corrected chi connectivity index (χ1v) is 7.42. The third kappa shape index (κ3) is 1.69. The lowest BCUT2D eigenvalue weighted by Gasteiger charge is -2.61. The van der Waals surface area contributed by atoms with Gasteiger partial charge in [-0.3, -0.25) is 4.55 Å². The zero-order chi connectivity index (χ0) is 12.1. The van der Waals surface area contributed by atoms with Crippen molar-refractivity contribution in [2.75, 3.05) is 6.54 Å². The molecule has 0 amide bonds. The molecule has 0 aromatic carbocycles. The molecule has 0 unspecified atom stereocenters. The third-order valence-electron chi connectivity index (χ3n) is 4.80. The van der Waals surface area contributed by atoms with Crippen LogP contribution in [0.5, 0.6) is 0 Å². The van der Waals surface area contributed by atoms with Gasteiger partial charge in [-0.2, -0.15) is 12.7 Å². The molecule has 0 aliphatic heterocycles. The van der Waals surface area contributed by atoms with Crippen molar-refractivity contribution in [3.63, 3.8) is 0 Å². The molecule has 3 atom stereocenters. The van der Waals surface area contributed by atoms with E-state index in [2.05, 4.69) is 13.8 Å². The molecule has 3 aliphatic carbocycles. The van der Waals surface area contributed by atoms with E-state index in [0.29, 0.717) is 12.5 Å².